The molecule has 3 heteroatoms. The molecule has 0 atom stereocenters. The molecular weight excluding hydrogens is 186 g/mol. The Morgan fingerprint density at radius 2 is 0.867 bits per heavy atom. The fourth-order valence-electron chi connectivity index (χ4n) is 1.10. The second-order valence-corrected chi connectivity index (χ2v) is 2.87. The van der Waals surface area contributed by atoms with Gasteiger partial charge in [-0.1, -0.05) is 36.4 Å². The van der Waals surface area contributed by atoms with Crippen molar-refractivity contribution in [2.24, 2.45) is 10.2 Å². The summed E-state index contributed by atoms with van der Waals surface area (Å²) in [6.07, 6.45) is 0. The molecule has 0 aromatic heterocycles. The van der Waals surface area contributed by atoms with Gasteiger partial charge in [-0.3, -0.25) is 0 Å². The number of nitrogens with zero attached hydrogens (tertiary/aromatic N) is 2. The van der Waals surface area contributed by atoms with E-state index in [0.717, 1.165) is 11.4 Å². The van der Waals surface area contributed by atoms with E-state index in [4.69, 9.17) is 0 Å². The van der Waals surface area contributed by atoms with Gasteiger partial charge < -0.3 is 6.15 Å². The van der Waals surface area contributed by atoms with Crippen LogP contribution in [0.3, 0.4) is 0 Å². The van der Waals surface area contributed by atoms with Gasteiger partial charge in [-0.25, -0.2) is 0 Å². The molecule has 0 saturated heterocycles. The third-order valence-electron chi connectivity index (χ3n) is 1.79. The van der Waals surface area contributed by atoms with Crippen LogP contribution in [0.4, 0.5) is 11.4 Å². The highest BCUT2D eigenvalue weighted by molar-refractivity contribution is 5.39. The van der Waals surface area contributed by atoms with E-state index in [0.29, 0.717) is 0 Å². The molecule has 0 fully saturated rings. The molecular formula is C12H13N3. The van der Waals surface area contributed by atoms with Gasteiger partial charge in [0.15, 0.2) is 0 Å². The van der Waals surface area contributed by atoms with Crippen LogP contribution in [-0.2, 0) is 0 Å². The molecule has 3 nitrogen and oxygen atoms in total. The van der Waals surface area contributed by atoms with Gasteiger partial charge >= 0.3 is 0 Å². The second kappa shape index (κ2) is 5.67. The van der Waals surface area contributed by atoms with Crippen LogP contribution in [0.2, 0.25) is 0 Å². The lowest BCUT2D eigenvalue weighted by atomic mass is 10.3. The number of benzene rings is 2. The van der Waals surface area contributed by atoms with E-state index in [1.165, 1.54) is 0 Å². The lowest BCUT2D eigenvalue weighted by Crippen LogP contribution is -1.62. The lowest BCUT2D eigenvalue weighted by Gasteiger charge is -1.91. The summed E-state index contributed by atoms with van der Waals surface area (Å²) in [5, 5.41) is 8.20. The molecule has 0 saturated carbocycles. The normalized spacial score (nSPS) is 9.87. The molecule has 2 aromatic carbocycles. The van der Waals surface area contributed by atoms with E-state index in [-0.39, 0.29) is 6.15 Å². The summed E-state index contributed by atoms with van der Waals surface area (Å²) in [5.74, 6) is 0. The first kappa shape index (κ1) is 11.1. The Balaban J connectivity index is 0.00000112. The lowest BCUT2D eigenvalue weighted by molar-refractivity contribution is 1.23. The average molecular weight is 199 g/mol. The minimum Gasteiger partial charge on any atom is -0.344 e. The molecule has 0 spiro atoms. The Morgan fingerprint density at radius 3 is 1.20 bits per heavy atom. The first-order chi connectivity index (χ1) is 6.95. The molecule has 15 heavy (non-hydrogen) atoms. The van der Waals surface area contributed by atoms with Crippen LogP contribution in [0.25, 0.3) is 0 Å². The third kappa shape index (κ3) is 3.32. The minimum absolute atomic E-state index is 0. The Labute approximate surface area is 89.1 Å². The quantitative estimate of drug-likeness (QED) is 0.721. The molecule has 3 N–H and O–H groups in total. The van der Waals surface area contributed by atoms with Crippen LogP contribution in [0.5, 0.6) is 0 Å². The van der Waals surface area contributed by atoms with Crippen molar-refractivity contribution in [3.05, 3.63) is 60.7 Å². The number of hydrogen-bond acceptors (Lipinski definition) is 3. The molecule has 0 amide bonds. The fourth-order valence-corrected chi connectivity index (χ4v) is 1.10. The summed E-state index contributed by atoms with van der Waals surface area (Å²) in [6, 6.07) is 19.4. The van der Waals surface area contributed by atoms with Crippen molar-refractivity contribution < 1.29 is 0 Å². The summed E-state index contributed by atoms with van der Waals surface area (Å²) in [7, 11) is 0. The zero-order valence-electron chi connectivity index (χ0n) is 8.38. The number of azo groups is 1. The summed E-state index contributed by atoms with van der Waals surface area (Å²) in [5.41, 5.74) is 1.74. The maximum Gasteiger partial charge on any atom is 0.0857 e. The van der Waals surface area contributed by atoms with Crippen molar-refractivity contribution in [2.45, 2.75) is 0 Å². The second-order valence-electron chi connectivity index (χ2n) is 2.87. The van der Waals surface area contributed by atoms with Crippen LogP contribution in [-0.4, -0.2) is 0 Å². The first-order valence-corrected chi connectivity index (χ1v) is 4.47. The molecule has 2 rings (SSSR count). The zero-order valence-corrected chi connectivity index (χ0v) is 8.38. The van der Waals surface area contributed by atoms with Crippen LogP contribution < -0.4 is 6.15 Å². The molecule has 0 heterocycles. The van der Waals surface area contributed by atoms with Gasteiger partial charge in [0.2, 0.25) is 0 Å². The Kier molecular flexibility index (Phi) is 4.19. The summed E-state index contributed by atoms with van der Waals surface area (Å²) >= 11 is 0. The highest BCUT2D eigenvalue weighted by atomic mass is 15.1. The van der Waals surface area contributed by atoms with Crippen molar-refractivity contribution >= 4 is 11.4 Å². The van der Waals surface area contributed by atoms with Gasteiger partial charge in [-0.05, 0) is 24.3 Å². The van der Waals surface area contributed by atoms with E-state index >= 15 is 0 Å². The number of rotatable bonds is 2. The van der Waals surface area contributed by atoms with Crippen LogP contribution in [0, 0.1) is 0 Å². The van der Waals surface area contributed by atoms with Gasteiger partial charge in [-0.15, -0.1) is 0 Å². The summed E-state index contributed by atoms with van der Waals surface area (Å²) in [4.78, 5) is 0. The van der Waals surface area contributed by atoms with Crippen LogP contribution >= 0.6 is 0 Å². The first-order valence-electron chi connectivity index (χ1n) is 4.47. The fraction of sp³-hybridized carbons (Fsp3) is 0. The molecule has 0 aliphatic carbocycles. The molecule has 0 unspecified atom stereocenters. The van der Waals surface area contributed by atoms with E-state index in [1.807, 2.05) is 60.7 Å². The molecule has 0 aliphatic heterocycles. The van der Waals surface area contributed by atoms with E-state index < -0.39 is 0 Å². The SMILES string of the molecule is N.c1ccc(N=Nc2ccccc2)cc1. The zero-order chi connectivity index (χ0) is 9.64. The van der Waals surface area contributed by atoms with Crippen LogP contribution in [0.15, 0.2) is 70.9 Å². The van der Waals surface area contributed by atoms with Crippen molar-refractivity contribution in [1.82, 2.24) is 6.15 Å². The Hall–Kier alpha value is -2.00. The maximum atomic E-state index is 4.10. The topological polar surface area (TPSA) is 59.7 Å². The molecule has 0 bridgehead atoms. The Bertz CT molecular complexity index is 368. The van der Waals surface area contributed by atoms with Gasteiger partial charge in [0.1, 0.15) is 0 Å². The molecule has 76 valence electrons. The predicted octanol–water partition coefficient (Wildman–Crippen LogP) is 4.26. The Morgan fingerprint density at radius 1 is 0.533 bits per heavy atom. The van der Waals surface area contributed by atoms with Crippen molar-refractivity contribution in [3.63, 3.8) is 0 Å². The van der Waals surface area contributed by atoms with E-state index in [9.17, 15) is 0 Å². The van der Waals surface area contributed by atoms with Crippen molar-refractivity contribution in [3.8, 4) is 0 Å². The molecule has 0 radical (unpaired) electrons. The minimum atomic E-state index is 0. The monoisotopic (exact) mass is 199 g/mol. The van der Waals surface area contributed by atoms with Crippen molar-refractivity contribution in [1.29, 1.82) is 0 Å². The van der Waals surface area contributed by atoms with Crippen LogP contribution in [0.1, 0.15) is 0 Å². The van der Waals surface area contributed by atoms with Gasteiger partial charge in [0, 0.05) is 0 Å². The van der Waals surface area contributed by atoms with Crippen molar-refractivity contribution in [2.75, 3.05) is 0 Å². The van der Waals surface area contributed by atoms with Gasteiger partial charge in [0.25, 0.3) is 0 Å². The van der Waals surface area contributed by atoms with E-state index in [1.54, 1.807) is 0 Å². The molecule has 0 aliphatic rings. The van der Waals surface area contributed by atoms with Gasteiger partial charge in [0.05, 0.1) is 11.4 Å². The summed E-state index contributed by atoms with van der Waals surface area (Å²) < 4.78 is 0. The highest BCUT2D eigenvalue weighted by Gasteiger charge is 1.86. The largest absolute Gasteiger partial charge is 0.344 e. The average Bonchev–Trinajstić information content (AvgIpc) is 2.29. The molecule has 2 aromatic rings. The smallest absolute Gasteiger partial charge is 0.0857 e. The van der Waals surface area contributed by atoms with E-state index in [2.05, 4.69) is 10.2 Å². The maximum absolute atomic E-state index is 4.10. The number of hydrogen-bond donors (Lipinski definition) is 1. The highest BCUT2D eigenvalue weighted by Crippen LogP contribution is 2.16. The van der Waals surface area contributed by atoms with Gasteiger partial charge in [-0.2, -0.15) is 10.2 Å². The summed E-state index contributed by atoms with van der Waals surface area (Å²) in [6.45, 7) is 0. The third-order valence-corrected chi connectivity index (χ3v) is 1.79. The predicted molar refractivity (Wildman–Crippen MR) is 62.1 cm³/mol. The standard InChI is InChI=1S/C12H10N2.H3N/c1-3-7-11(8-4-1)13-14-12-9-5-2-6-10-12;/h1-10H;1H3.